The zero-order valence-corrected chi connectivity index (χ0v) is 9.79. The fourth-order valence-corrected chi connectivity index (χ4v) is 1.43. The van der Waals surface area contributed by atoms with Crippen LogP contribution in [0, 0.1) is 0 Å². The monoisotopic (exact) mass is 269 g/mol. The molecule has 0 aliphatic rings. The van der Waals surface area contributed by atoms with Gasteiger partial charge in [0.15, 0.2) is 0 Å². The molecule has 0 bridgehead atoms. The van der Waals surface area contributed by atoms with Gasteiger partial charge in [-0.15, -0.1) is 0 Å². The number of benzene rings is 1. The first-order valence-corrected chi connectivity index (χ1v) is 5.19. The maximum absolute atomic E-state index is 12.0. The molecule has 0 fully saturated rings. The zero-order valence-electron chi connectivity index (χ0n) is 9.79. The largest absolute Gasteiger partial charge is 0.435 e. The molecule has 0 N–H and O–H groups in total. The molecule has 8 heteroatoms. The smallest absolute Gasteiger partial charge is 0.387 e. The summed E-state index contributed by atoms with van der Waals surface area (Å²) in [6.07, 6.45) is 0.991. The van der Waals surface area contributed by atoms with Crippen LogP contribution in [0.2, 0.25) is 0 Å². The minimum atomic E-state index is -2.91. The van der Waals surface area contributed by atoms with E-state index in [0.717, 1.165) is 15.4 Å². The number of rotatable bonds is 3. The van der Waals surface area contributed by atoms with Crippen LogP contribution in [0.25, 0.3) is 5.69 Å². The van der Waals surface area contributed by atoms with Gasteiger partial charge in [0.05, 0.1) is 5.69 Å². The lowest BCUT2D eigenvalue weighted by Gasteiger charge is -2.07. The normalized spacial score (nSPS) is 10.7. The van der Waals surface area contributed by atoms with Crippen molar-refractivity contribution in [1.82, 2.24) is 14.3 Å². The van der Waals surface area contributed by atoms with E-state index in [1.165, 1.54) is 31.3 Å². The van der Waals surface area contributed by atoms with Crippen molar-refractivity contribution in [3.63, 3.8) is 0 Å². The standard InChI is InChI=1S/C11H9F2N3O3/c1-15-9(17)6-14-16(11(15)18)7-2-4-8(5-3-7)19-10(12)13/h2-6,10H,1H3. The van der Waals surface area contributed by atoms with Gasteiger partial charge in [-0.1, -0.05) is 0 Å². The molecule has 0 saturated carbocycles. The fourth-order valence-electron chi connectivity index (χ4n) is 1.43. The Morgan fingerprint density at radius 2 is 1.84 bits per heavy atom. The lowest BCUT2D eigenvalue weighted by molar-refractivity contribution is -0.0498. The maximum atomic E-state index is 12.0. The Kier molecular flexibility index (Phi) is 3.41. The van der Waals surface area contributed by atoms with Gasteiger partial charge in [0.25, 0.3) is 5.56 Å². The van der Waals surface area contributed by atoms with E-state index in [1.54, 1.807) is 0 Å². The van der Waals surface area contributed by atoms with E-state index in [2.05, 4.69) is 9.84 Å². The van der Waals surface area contributed by atoms with Crippen LogP contribution >= 0.6 is 0 Å². The second-order valence-corrected chi connectivity index (χ2v) is 3.61. The van der Waals surface area contributed by atoms with Crippen LogP contribution in [0.4, 0.5) is 8.78 Å². The second-order valence-electron chi connectivity index (χ2n) is 3.61. The van der Waals surface area contributed by atoms with Crippen molar-refractivity contribution < 1.29 is 13.5 Å². The molecule has 0 radical (unpaired) electrons. The Morgan fingerprint density at radius 3 is 2.42 bits per heavy atom. The number of hydrogen-bond donors (Lipinski definition) is 0. The van der Waals surface area contributed by atoms with Gasteiger partial charge in [-0.05, 0) is 24.3 Å². The fraction of sp³-hybridized carbons (Fsp3) is 0.182. The van der Waals surface area contributed by atoms with Crippen LogP contribution in [-0.2, 0) is 7.05 Å². The highest BCUT2D eigenvalue weighted by Crippen LogP contribution is 2.15. The summed E-state index contributed by atoms with van der Waals surface area (Å²) in [5, 5.41) is 3.68. The Balaban J connectivity index is 2.41. The van der Waals surface area contributed by atoms with E-state index >= 15 is 0 Å². The summed E-state index contributed by atoms with van der Waals surface area (Å²) < 4.78 is 30.0. The minimum absolute atomic E-state index is 0.0309. The summed E-state index contributed by atoms with van der Waals surface area (Å²) in [7, 11) is 1.32. The molecule has 1 aromatic carbocycles. The molecule has 0 atom stereocenters. The number of nitrogens with zero attached hydrogens (tertiary/aromatic N) is 3. The van der Waals surface area contributed by atoms with Gasteiger partial charge in [-0.25, -0.2) is 4.79 Å². The van der Waals surface area contributed by atoms with Crippen molar-refractivity contribution in [2.75, 3.05) is 0 Å². The van der Waals surface area contributed by atoms with Crippen LogP contribution in [0.5, 0.6) is 5.75 Å². The van der Waals surface area contributed by atoms with Gasteiger partial charge < -0.3 is 4.74 Å². The average Bonchev–Trinajstić information content (AvgIpc) is 2.37. The number of hydrogen-bond acceptors (Lipinski definition) is 4. The first-order chi connectivity index (χ1) is 8.99. The van der Waals surface area contributed by atoms with E-state index < -0.39 is 17.9 Å². The van der Waals surface area contributed by atoms with E-state index in [0.29, 0.717) is 5.69 Å². The van der Waals surface area contributed by atoms with E-state index in [4.69, 9.17) is 0 Å². The molecule has 0 unspecified atom stereocenters. The molecule has 19 heavy (non-hydrogen) atoms. The first-order valence-electron chi connectivity index (χ1n) is 5.19. The molecule has 2 aromatic rings. The first kappa shape index (κ1) is 12.9. The molecule has 0 amide bonds. The molecule has 0 spiro atoms. The van der Waals surface area contributed by atoms with Crippen molar-refractivity contribution in [1.29, 1.82) is 0 Å². The average molecular weight is 269 g/mol. The van der Waals surface area contributed by atoms with Crippen LogP contribution in [-0.4, -0.2) is 21.0 Å². The topological polar surface area (TPSA) is 66.1 Å². The van der Waals surface area contributed by atoms with Gasteiger partial charge in [-0.3, -0.25) is 9.36 Å². The number of ether oxygens (including phenoxy) is 1. The lowest BCUT2D eigenvalue weighted by Crippen LogP contribution is -2.38. The summed E-state index contributed by atoms with van der Waals surface area (Å²) >= 11 is 0. The molecule has 1 heterocycles. The van der Waals surface area contributed by atoms with Crippen molar-refractivity contribution in [2.45, 2.75) is 6.61 Å². The highest BCUT2D eigenvalue weighted by molar-refractivity contribution is 5.36. The molecule has 100 valence electrons. The maximum Gasteiger partial charge on any atom is 0.387 e. The van der Waals surface area contributed by atoms with E-state index in [-0.39, 0.29) is 5.75 Å². The SMILES string of the molecule is Cn1c(=O)cnn(-c2ccc(OC(F)F)cc2)c1=O. The molecule has 0 aliphatic heterocycles. The molecule has 2 rings (SSSR count). The van der Waals surface area contributed by atoms with Crippen LogP contribution in [0.1, 0.15) is 0 Å². The van der Waals surface area contributed by atoms with Gasteiger partial charge in [0.1, 0.15) is 11.9 Å². The zero-order chi connectivity index (χ0) is 14.0. The summed E-state index contributed by atoms with van der Waals surface area (Å²) in [6, 6.07) is 5.33. The lowest BCUT2D eigenvalue weighted by atomic mass is 10.3. The van der Waals surface area contributed by atoms with Crippen molar-refractivity contribution >= 4 is 0 Å². The third-order valence-corrected chi connectivity index (χ3v) is 2.39. The Morgan fingerprint density at radius 1 is 1.21 bits per heavy atom. The second kappa shape index (κ2) is 5.01. The van der Waals surface area contributed by atoms with Gasteiger partial charge in [0.2, 0.25) is 0 Å². The Labute approximate surface area is 105 Å². The molecule has 0 aliphatic carbocycles. The minimum Gasteiger partial charge on any atom is -0.435 e. The van der Waals surface area contributed by atoms with Crippen molar-refractivity contribution in [3.05, 3.63) is 51.3 Å². The quantitative estimate of drug-likeness (QED) is 0.815. The van der Waals surface area contributed by atoms with Gasteiger partial charge >= 0.3 is 12.3 Å². The summed E-state index contributed by atoms with van der Waals surface area (Å²) in [6.45, 7) is -2.91. The third-order valence-electron chi connectivity index (χ3n) is 2.39. The van der Waals surface area contributed by atoms with Gasteiger partial charge in [0, 0.05) is 7.05 Å². The molecule has 6 nitrogen and oxygen atoms in total. The van der Waals surface area contributed by atoms with Crippen molar-refractivity contribution in [2.24, 2.45) is 7.05 Å². The Bertz CT molecular complexity index is 692. The highest BCUT2D eigenvalue weighted by Gasteiger charge is 2.07. The summed E-state index contributed by atoms with van der Waals surface area (Å²) in [5.41, 5.74) is -0.823. The predicted molar refractivity (Wildman–Crippen MR) is 61.7 cm³/mol. The van der Waals surface area contributed by atoms with Gasteiger partial charge in [-0.2, -0.15) is 18.6 Å². The van der Waals surface area contributed by atoms with Crippen LogP contribution in [0.3, 0.4) is 0 Å². The highest BCUT2D eigenvalue weighted by atomic mass is 19.3. The van der Waals surface area contributed by atoms with Crippen LogP contribution in [0.15, 0.2) is 40.1 Å². The molecule has 0 saturated heterocycles. The molecular weight excluding hydrogens is 260 g/mol. The predicted octanol–water partition coefficient (Wildman–Crippen LogP) is 0.533. The van der Waals surface area contributed by atoms with Crippen LogP contribution < -0.4 is 16.0 Å². The van der Waals surface area contributed by atoms with E-state index in [1.807, 2.05) is 0 Å². The number of alkyl halides is 2. The molecular formula is C11H9F2N3O3. The summed E-state index contributed by atoms with van der Waals surface area (Å²) in [4.78, 5) is 22.9. The number of halogens is 2. The summed E-state index contributed by atoms with van der Waals surface area (Å²) in [5.74, 6) is -0.0309. The number of aromatic nitrogens is 3. The van der Waals surface area contributed by atoms with E-state index in [9.17, 15) is 18.4 Å². The third kappa shape index (κ3) is 2.67. The van der Waals surface area contributed by atoms with Crippen molar-refractivity contribution in [3.8, 4) is 11.4 Å². The molecule has 1 aromatic heterocycles. The Hall–Kier alpha value is -2.51.